The predicted molar refractivity (Wildman–Crippen MR) is 100 cm³/mol. The summed E-state index contributed by atoms with van der Waals surface area (Å²) in [5, 5.41) is 0. The Labute approximate surface area is 148 Å². The van der Waals surface area contributed by atoms with Gasteiger partial charge >= 0.3 is 0 Å². The van der Waals surface area contributed by atoms with Crippen molar-refractivity contribution in [2.45, 2.75) is 25.8 Å². The van der Waals surface area contributed by atoms with Crippen LogP contribution in [0, 0.1) is 0 Å². The predicted octanol–water partition coefficient (Wildman–Crippen LogP) is 3.00. The van der Waals surface area contributed by atoms with Crippen molar-refractivity contribution in [1.82, 2.24) is 14.9 Å². The Balaban J connectivity index is 0.00000176. The number of rotatable bonds is 3. The second kappa shape index (κ2) is 8.17. The summed E-state index contributed by atoms with van der Waals surface area (Å²) in [6, 6.07) is 10.2. The molecule has 0 spiro atoms. The number of benzene rings is 1. The van der Waals surface area contributed by atoms with E-state index in [1.54, 1.807) is 0 Å². The molecular formula is C16H22IN5. The van der Waals surface area contributed by atoms with Crippen molar-refractivity contribution in [3.63, 3.8) is 0 Å². The van der Waals surface area contributed by atoms with Crippen LogP contribution in [-0.2, 0) is 6.54 Å². The summed E-state index contributed by atoms with van der Waals surface area (Å²) in [7, 11) is 0. The lowest BCUT2D eigenvalue weighted by molar-refractivity contribution is 0.338. The van der Waals surface area contributed by atoms with Crippen molar-refractivity contribution < 1.29 is 0 Å². The van der Waals surface area contributed by atoms with Crippen molar-refractivity contribution in [3.05, 3.63) is 42.4 Å². The third kappa shape index (κ3) is 4.22. The fourth-order valence-corrected chi connectivity index (χ4v) is 2.59. The molecule has 6 heteroatoms. The van der Waals surface area contributed by atoms with Gasteiger partial charge in [0.15, 0.2) is 5.96 Å². The van der Waals surface area contributed by atoms with Crippen LogP contribution in [0.25, 0.3) is 11.3 Å². The molecule has 3 rings (SSSR count). The van der Waals surface area contributed by atoms with Crippen molar-refractivity contribution in [2.24, 2.45) is 10.7 Å². The number of hydrogen-bond acceptors (Lipinski definition) is 2. The Morgan fingerprint density at radius 2 is 1.91 bits per heavy atom. The summed E-state index contributed by atoms with van der Waals surface area (Å²) < 4.78 is 0. The van der Waals surface area contributed by atoms with E-state index in [1.807, 2.05) is 24.4 Å². The zero-order valence-corrected chi connectivity index (χ0v) is 14.9. The molecule has 0 aliphatic carbocycles. The maximum Gasteiger partial charge on any atom is 0.191 e. The minimum absolute atomic E-state index is 0. The van der Waals surface area contributed by atoms with E-state index in [9.17, 15) is 0 Å². The molecule has 0 unspecified atom stereocenters. The van der Waals surface area contributed by atoms with Crippen molar-refractivity contribution in [3.8, 4) is 11.3 Å². The summed E-state index contributed by atoms with van der Waals surface area (Å²) in [5.41, 5.74) is 8.19. The summed E-state index contributed by atoms with van der Waals surface area (Å²) in [6.07, 6.45) is 5.55. The van der Waals surface area contributed by atoms with E-state index in [1.165, 1.54) is 19.3 Å². The molecule has 1 aromatic heterocycles. The van der Waals surface area contributed by atoms with Gasteiger partial charge in [0, 0.05) is 13.1 Å². The van der Waals surface area contributed by atoms with E-state index in [2.05, 4.69) is 32.0 Å². The van der Waals surface area contributed by atoms with Crippen LogP contribution in [0.3, 0.4) is 0 Å². The van der Waals surface area contributed by atoms with Crippen LogP contribution in [0.2, 0.25) is 0 Å². The Hall–Kier alpha value is -1.57. The molecule has 22 heavy (non-hydrogen) atoms. The number of guanidine groups is 1. The molecule has 3 N–H and O–H groups in total. The molecule has 0 radical (unpaired) electrons. The van der Waals surface area contributed by atoms with Gasteiger partial charge < -0.3 is 15.6 Å². The monoisotopic (exact) mass is 411 g/mol. The Bertz CT molecular complexity index is 602. The van der Waals surface area contributed by atoms with E-state index in [0.717, 1.165) is 30.2 Å². The third-order valence-electron chi connectivity index (χ3n) is 3.78. The minimum atomic E-state index is 0. The molecule has 1 aromatic carbocycles. The average molecular weight is 411 g/mol. The van der Waals surface area contributed by atoms with Gasteiger partial charge in [0.1, 0.15) is 12.4 Å². The van der Waals surface area contributed by atoms with Gasteiger partial charge in [-0.1, -0.05) is 30.3 Å². The summed E-state index contributed by atoms with van der Waals surface area (Å²) in [4.78, 5) is 14.3. The molecule has 1 fully saturated rings. The van der Waals surface area contributed by atoms with E-state index in [0.29, 0.717) is 12.5 Å². The third-order valence-corrected chi connectivity index (χ3v) is 3.78. The topological polar surface area (TPSA) is 70.3 Å². The molecule has 2 heterocycles. The van der Waals surface area contributed by atoms with Gasteiger partial charge in [-0.3, -0.25) is 0 Å². The Morgan fingerprint density at radius 1 is 1.18 bits per heavy atom. The number of halogens is 1. The number of nitrogens with two attached hydrogens (primary N) is 1. The van der Waals surface area contributed by atoms with Gasteiger partial charge in [0.2, 0.25) is 0 Å². The summed E-state index contributed by atoms with van der Waals surface area (Å²) in [6.45, 7) is 2.53. The molecule has 1 aliphatic heterocycles. The van der Waals surface area contributed by atoms with Gasteiger partial charge in [0.25, 0.3) is 0 Å². The molecule has 118 valence electrons. The van der Waals surface area contributed by atoms with E-state index in [-0.39, 0.29) is 24.0 Å². The fraction of sp³-hybridized carbons (Fsp3) is 0.375. The standard InChI is InChI=1S/C16H21N5.HI/c17-16(21-9-5-2-6-10-21)19-12-15-18-11-14(20-15)13-7-3-1-4-8-13;/h1,3-4,7-8,11H,2,5-6,9-10,12H2,(H2,17,19)(H,18,20);1H. The highest BCUT2D eigenvalue weighted by molar-refractivity contribution is 14.0. The van der Waals surface area contributed by atoms with Gasteiger partial charge in [-0.25, -0.2) is 9.98 Å². The largest absolute Gasteiger partial charge is 0.370 e. The zero-order chi connectivity index (χ0) is 14.5. The number of nitrogens with zero attached hydrogens (tertiary/aromatic N) is 3. The number of piperidine rings is 1. The number of nitrogens with one attached hydrogen (secondary N) is 1. The summed E-state index contributed by atoms with van der Waals surface area (Å²) >= 11 is 0. The van der Waals surface area contributed by atoms with E-state index in [4.69, 9.17) is 5.73 Å². The maximum atomic E-state index is 6.05. The highest BCUT2D eigenvalue weighted by atomic mass is 127. The number of likely N-dealkylation sites (tertiary alicyclic amines) is 1. The zero-order valence-electron chi connectivity index (χ0n) is 12.5. The number of hydrogen-bond donors (Lipinski definition) is 2. The molecule has 5 nitrogen and oxygen atoms in total. The first kappa shape index (κ1) is 16.8. The number of imidazole rings is 1. The molecule has 0 bridgehead atoms. The van der Waals surface area contributed by atoms with Gasteiger partial charge in [-0.2, -0.15) is 0 Å². The van der Waals surface area contributed by atoms with Crippen LogP contribution in [0.4, 0.5) is 0 Å². The Kier molecular flexibility index (Phi) is 6.23. The lowest BCUT2D eigenvalue weighted by Crippen LogP contribution is -2.40. The lowest BCUT2D eigenvalue weighted by Gasteiger charge is -2.27. The number of H-pyrrole nitrogens is 1. The molecule has 1 aliphatic rings. The first-order valence-corrected chi connectivity index (χ1v) is 7.47. The first-order valence-electron chi connectivity index (χ1n) is 7.47. The quantitative estimate of drug-likeness (QED) is 0.464. The van der Waals surface area contributed by atoms with E-state index < -0.39 is 0 Å². The van der Waals surface area contributed by atoms with Crippen molar-refractivity contribution >= 4 is 29.9 Å². The van der Waals surface area contributed by atoms with E-state index >= 15 is 0 Å². The highest BCUT2D eigenvalue weighted by Crippen LogP contribution is 2.16. The summed E-state index contributed by atoms with van der Waals surface area (Å²) in [5.74, 6) is 1.47. The van der Waals surface area contributed by atoms with Crippen LogP contribution in [0.15, 0.2) is 41.5 Å². The highest BCUT2D eigenvalue weighted by Gasteiger charge is 2.11. The normalized spacial score (nSPS) is 15.5. The molecule has 2 aromatic rings. The molecule has 0 atom stereocenters. The molecule has 1 saturated heterocycles. The van der Waals surface area contributed by atoms with Gasteiger partial charge in [-0.15, -0.1) is 24.0 Å². The number of aliphatic imine (C=N–C) groups is 1. The average Bonchev–Trinajstić information content (AvgIpc) is 3.03. The van der Waals surface area contributed by atoms with Gasteiger partial charge in [-0.05, 0) is 24.8 Å². The second-order valence-corrected chi connectivity index (χ2v) is 5.33. The second-order valence-electron chi connectivity index (χ2n) is 5.33. The molecular weight excluding hydrogens is 389 g/mol. The fourth-order valence-electron chi connectivity index (χ4n) is 2.59. The molecule has 0 amide bonds. The van der Waals surface area contributed by atoms with Crippen LogP contribution >= 0.6 is 24.0 Å². The lowest BCUT2D eigenvalue weighted by atomic mass is 10.1. The minimum Gasteiger partial charge on any atom is -0.370 e. The first-order chi connectivity index (χ1) is 10.3. The number of aromatic amines is 1. The van der Waals surface area contributed by atoms with Crippen molar-refractivity contribution in [1.29, 1.82) is 0 Å². The number of aromatic nitrogens is 2. The van der Waals surface area contributed by atoms with Crippen LogP contribution in [0.5, 0.6) is 0 Å². The smallest absolute Gasteiger partial charge is 0.191 e. The maximum absolute atomic E-state index is 6.05. The Morgan fingerprint density at radius 3 is 2.64 bits per heavy atom. The van der Waals surface area contributed by atoms with Gasteiger partial charge in [0.05, 0.1) is 11.9 Å². The van der Waals surface area contributed by atoms with Crippen molar-refractivity contribution in [2.75, 3.05) is 13.1 Å². The van der Waals surface area contributed by atoms with Crippen LogP contribution in [-0.4, -0.2) is 33.9 Å². The van der Waals surface area contributed by atoms with Crippen LogP contribution in [0.1, 0.15) is 25.1 Å². The van der Waals surface area contributed by atoms with Crippen LogP contribution < -0.4 is 5.73 Å². The molecule has 0 saturated carbocycles. The SMILES string of the molecule is I.NC(=NCc1ncc(-c2ccccc2)[nH]1)N1CCCCC1.